The average molecular weight is 314 g/mol. The van der Waals surface area contributed by atoms with Crippen molar-refractivity contribution in [2.75, 3.05) is 5.88 Å². The van der Waals surface area contributed by atoms with Gasteiger partial charge in [-0.1, -0.05) is 44.8 Å². The van der Waals surface area contributed by atoms with Gasteiger partial charge in [0.15, 0.2) is 11.4 Å². The number of unbranched alkanes of at least 4 members (excludes halogenated alkanes) is 3. The van der Waals surface area contributed by atoms with Gasteiger partial charge in [0.2, 0.25) is 0 Å². The fraction of sp³-hybridized carbons (Fsp3) is 0.824. The predicted molar refractivity (Wildman–Crippen MR) is 86.2 cm³/mol. The van der Waals surface area contributed by atoms with Crippen molar-refractivity contribution in [3.8, 4) is 6.07 Å². The second-order valence-electron chi connectivity index (χ2n) is 6.46. The van der Waals surface area contributed by atoms with Gasteiger partial charge in [0.25, 0.3) is 0 Å². The van der Waals surface area contributed by atoms with Gasteiger partial charge >= 0.3 is 0 Å². The molecular weight excluding hydrogens is 286 g/mol. The van der Waals surface area contributed by atoms with Gasteiger partial charge < -0.3 is 9.47 Å². The summed E-state index contributed by atoms with van der Waals surface area (Å²) in [5, 5.41) is 9.63. The van der Waals surface area contributed by atoms with E-state index in [0.29, 0.717) is 18.7 Å². The Morgan fingerprint density at radius 3 is 2.67 bits per heavy atom. The summed E-state index contributed by atoms with van der Waals surface area (Å²) in [5.74, 6) is -0.384. The lowest BCUT2D eigenvalue weighted by Crippen LogP contribution is -2.52. The Morgan fingerprint density at radius 2 is 2.10 bits per heavy atom. The largest absolute Gasteiger partial charge is 0.347 e. The van der Waals surface area contributed by atoms with E-state index in [1.807, 2.05) is 13.8 Å². The molecule has 0 N–H and O–H groups in total. The van der Waals surface area contributed by atoms with Crippen molar-refractivity contribution in [2.45, 2.75) is 83.2 Å². The summed E-state index contributed by atoms with van der Waals surface area (Å²) >= 11 is 5.82. The summed E-state index contributed by atoms with van der Waals surface area (Å²) in [4.78, 5) is 0. The molecule has 1 fully saturated rings. The maximum absolute atomic E-state index is 9.63. The number of hydrogen-bond acceptors (Lipinski definition) is 3. The Hall–Kier alpha value is -0.560. The molecule has 0 aromatic rings. The Morgan fingerprint density at radius 1 is 1.38 bits per heavy atom. The van der Waals surface area contributed by atoms with Crippen LogP contribution in [0.5, 0.6) is 0 Å². The highest BCUT2D eigenvalue weighted by Crippen LogP contribution is 2.39. The van der Waals surface area contributed by atoms with Crippen LogP contribution in [0.15, 0.2) is 12.2 Å². The predicted octanol–water partition coefficient (Wildman–Crippen LogP) is 4.95. The Labute approximate surface area is 134 Å². The summed E-state index contributed by atoms with van der Waals surface area (Å²) in [7, 11) is 0. The molecule has 1 saturated heterocycles. The van der Waals surface area contributed by atoms with Crippen LogP contribution in [0.3, 0.4) is 0 Å². The topological polar surface area (TPSA) is 42.2 Å². The molecule has 1 aliphatic heterocycles. The van der Waals surface area contributed by atoms with Crippen LogP contribution < -0.4 is 0 Å². The van der Waals surface area contributed by atoms with Crippen molar-refractivity contribution < 1.29 is 9.47 Å². The lowest BCUT2D eigenvalue weighted by molar-refractivity contribution is -0.320. The molecule has 1 rings (SSSR count). The number of nitrogens with zero attached hydrogens (tertiary/aromatic N) is 1. The third-order valence-electron chi connectivity index (χ3n) is 3.76. The van der Waals surface area contributed by atoms with Gasteiger partial charge in [-0.2, -0.15) is 5.26 Å². The molecule has 0 bridgehead atoms. The molecule has 0 amide bonds. The highest BCUT2D eigenvalue weighted by Gasteiger charge is 2.46. The van der Waals surface area contributed by atoms with Crippen molar-refractivity contribution >= 4 is 11.6 Å². The second kappa shape index (κ2) is 8.17. The zero-order chi connectivity index (χ0) is 15.9. The summed E-state index contributed by atoms with van der Waals surface area (Å²) in [6.45, 7) is 9.87. The maximum atomic E-state index is 9.63. The van der Waals surface area contributed by atoms with Gasteiger partial charge in [0.05, 0.1) is 12.2 Å². The number of halogens is 1. The van der Waals surface area contributed by atoms with Gasteiger partial charge in [-0.05, 0) is 20.3 Å². The Bertz CT molecular complexity index is 389. The van der Waals surface area contributed by atoms with Crippen molar-refractivity contribution in [1.29, 1.82) is 5.26 Å². The number of ether oxygens (including phenoxy) is 2. The van der Waals surface area contributed by atoms with E-state index in [9.17, 15) is 5.26 Å². The van der Waals surface area contributed by atoms with Gasteiger partial charge in [-0.15, -0.1) is 11.6 Å². The molecule has 0 spiro atoms. The summed E-state index contributed by atoms with van der Waals surface area (Å²) in [6.07, 6.45) is 6.92. The SMILES string of the molecule is C=C(CCl)C[C@@]1(C#N)C[C@H](CCCCCC)OC(C)(C)O1. The minimum absolute atomic E-state index is 0.0633. The van der Waals surface area contributed by atoms with Crippen LogP contribution in [-0.4, -0.2) is 23.4 Å². The number of rotatable bonds is 8. The zero-order valence-corrected chi connectivity index (χ0v) is 14.3. The van der Waals surface area contributed by atoms with E-state index < -0.39 is 11.4 Å². The lowest BCUT2D eigenvalue weighted by atomic mass is 9.87. The molecule has 0 saturated carbocycles. The van der Waals surface area contributed by atoms with Gasteiger partial charge in [0.1, 0.15) is 0 Å². The Balaban J connectivity index is 2.71. The van der Waals surface area contributed by atoms with E-state index in [1.54, 1.807) is 0 Å². The molecule has 21 heavy (non-hydrogen) atoms. The van der Waals surface area contributed by atoms with Crippen LogP contribution in [0.2, 0.25) is 0 Å². The minimum Gasteiger partial charge on any atom is -0.347 e. The van der Waals surface area contributed by atoms with Crippen LogP contribution >= 0.6 is 11.6 Å². The first-order valence-electron chi connectivity index (χ1n) is 7.88. The molecule has 0 aromatic heterocycles. The highest BCUT2D eigenvalue weighted by atomic mass is 35.5. The first-order chi connectivity index (χ1) is 9.86. The van der Waals surface area contributed by atoms with Gasteiger partial charge in [0, 0.05) is 18.7 Å². The van der Waals surface area contributed by atoms with E-state index in [2.05, 4.69) is 19.6 Å². The number of alkyl halides is 1. The fourth-order valence-electron chi connectivity index (χ4n) is 2.97. The van der Waals surface area contributed by atoms with E-state index in [-0.39, 0.29) is 6.10 Å². The molecule has 120 valence electrons. The van der Waals surface area contributed by atoms with Crippen molar-refractivity contribution in [3.63, 3.8) is 0 Å². The number of nitriles is 1. The lowest BCUT2D eigenvalue weighted by Gasteiger charge is -2.45. The normalized spacial score (nSPS) is 28.0. The summed E-state index contributed by atoms with van der Waals surface area (Å²) in [5.41, 5.74) is -0.0241. The van der Waals surface area contributed by atoms with Crippen molar-refractivity contribution in [2.24, 2.45) is 0 Å². The summed E-state index contributed by atoms with van der Waals surface area (Å²) in [6, 6.07) is 2.35. The third kappa shape index (κ3) is 5.98. The molecule has 0 aliphatic carbocycles. The summed E-state index contributed by atoms with van der Waals surface area (Å²) < 4.78 is 11.9. The molecule has 0 radical (unpaired) electrons. The Kier molecular flexibility index (Phi) is 7.20. The first-order valence-corrected chi connectivity index (χ1v) is 8.41. The quantitative estimate of drug-likeness (QED) is 0.362. The minimum atomic E-state index is -0.858. The van der Waals surface area contributed by atoms with Crippen LogP contribution in [0.4, 0.5) is 0 Å². The van der Waals surface area contributed by atoms with E-state index in [1.165, 1.54) is 19.3 Å². The maximum Gasteiger partial charge on any atom is 0.165 e. The third-order valence-corrected chi connectivity index (χ3v) is 4.13. The van der Waals surface area contributed by atoms with E-state index in [0.717, 1.165) is 18.4 Å². The van der Waals surface area contributed by atoms with Crippen LogP contribution in [0.1, 0.15) is 65.7 Å². The molecular formula is C17H28ClNO2. The fourth-order valence-corrected chi connectivity index (χ4v) is 3.07. The van der Waals surface area contributed by atoms with E-state index in [4.69, 9.17) is 21.1 Å². The molecule has 1 heterocycles. The molecule has 0 aromatic carbocycles. The zero-order valence-electron chi connectivity index (χ0n) is 13.6. The van der Waals surface area contributed by atoms with E-state index >= 15 is 0 Å². The first kappa shape index (κ1) is 18.5. The van der Waals surface area contributed by atoms with Crippen molar-refractivity contribution in [3.05, 3.63) is 12.2 Å². The number of hydrogen-bond donors (Lipinski definition) is 0. The van der Waals surface area contributed by atoms with Gasteiger partial charge in [-0.3, -0.25) is 0 Å². The second-order valence-corrected chi connectivity index (χ2v) is 6.73. The highest BCUT2D eigenvalue weighted by molar-refractivity contribution is 6.19. The van der Waals surface area contributed by atoms with Crippen LogP contribution in [0.25, 0.3) is 0 Å². The van der Waals surface area contributed by atoms with Crippen molar-refractivity contribution in [1.82, 2.24) is 0 Å². The molecule has 2 atom stereocenters. The standard InChI is InChI=1S/C17H28ClNO2/c1-5-6-7-8-9-15-11-17(13-19,10-14(2)12-18)21-16(3,4)20-15/h15H,2,5-12H2,1,3-4H3/t15-,17-/m0/s1. The monoisotopic (exact) mass is 313 g/mol. The molecule has 1 aliphatic rings. The molecule has 4 heteroatoms. The average Bonchev–Trinajstić information content (AvgIpc) is 2.41. The molecule has 3 nitrogen and oxygen atoms in total. The van der Waals surface area contributed by atoms with Gasteiger partial charge in [-0.25, -0.2) is 0 Å². The van der Waals surface area contributed by atoms with Crippen LogP contribution in [-0.2, 0) is 9.47 Å². The van der Waals surface area contributed by atoms with Crippen LogP contribution in [0, 0.1) is 11.3 Å². The smallest absolute Gasteiger partial charge is 0.165 e. The molecule has 0 unspecified atom stereocenters.